The van der Waals surface area contributed by atoms with Crippen LogP contribution in [0, 0.1) is 11.3 Å². The maximum Gasteiger partial charge on any atom is 0.175 e. The van der Waals surface area contributed by atoms with Crippen LogP contribution in [-0.2, 0) is 24.4 Å². The molecule has 1 unspecified atom stereocenters. The molecule has 6 nitrogen and oxygen atoms in total. The van der Waals surface area contributed by atoms with Gasteiger partial charge in [-0.3, -0.25) is 0 Å². The van der Waals surface area contributed by atoms with Crippen molar-refractivity contribution in [1.82, 2.24) is 14.6 Å². The molecule has 3 aromatic rings. The molecule has 0 bridgehead atoms. The van der Waals surface area contributed by atoms with Crippen molar-refractivity contribution in [2.24, 2.45) is 0 Å². The number of nitrogens with zero attached hydrogens (tertiary/aromatic N) is 5. The fourth-order valence-corrected chi connectivity index (χ4v) is 3.63. The van der Waals surface area contributed by atoms with Crippen LogP contribution in [-0.4, -0.2) is 27.2 Å². The minimum atomic E-state index is 0.407. The molecule has 0 radical (unpaired) electrons. The van der Waals surface area contributed by atoms with Gasteiger partial charge in [-0.25, -0.2) is 4.98 Å². The third-order valence-electron chi connectivity index (χ3n) is 5.27. The summed E-state index contributed by atoms with van der Waals surface area (Å²) >= 11 is 0. The number of hydrogen-bond acceptors (Lipinski definition) is 5. The van der Waals surface area contributed by atoms with Crippen molar-refractivity contribution >= 4 is 11.5 Å². The summed E-state index contributed by atoms with van der Waals surface area (Å²) in [6, 6.07) is 12.7. The van der Waals surface area contributed by atoms with E-state index in [2.05, 4.69) is 42.0 Å². The van der Waals surface area contributed by atoms with Gasteiger partial charge < -0.3 is 9.64 Å². The topological polar surface area (TPSA) is 66.5 Å². The Balaban J connectivity index is 1.69. The van der Waals surface area contributed by atoms with Gasteiger partial charge in [0.1, 0.15) is 17.5 Å². The Bertz CT molecular complexity index is 989. The number of nitriles is 1. The fourth-order valence-electron chi connectivity index (χ4n) is 3.63. The number of rotatable bonds is 6. The third-order valence-corrected chi connectivity index (χ3v) is 5.27. The molecule has 1 atom stereocenters. The molecule has 0 aliphatic carbocycles. The predicted octanol–water partition coefficient (Wildman–Crippen LogP) is 3.48. The van der Waals surface area contributed by atoms with E-state index in [1.54, 1.807) is 6.20 Å². The average Bonchev–Trinajstić information content (AvgIpc) is 3.32. The Hall–Kier alpha value is -2.91. The van der Waals surface area contributed by atoms with E-state index in [0.29, 0.717) is 30.5 Å². The lowest BCUT2D eigenvalue weighted by Crippen LogP contribution is -2.32. The smallest absolute Gasteiger partial charge is 0.175 e. The maximum absolute atomic E-state index is 9.42. The molecule has 1 aliphatic rings. The molecule has 0 spiro atoms. The Kier molecular flexibility index (Phi) is 4.78. The largest absolute Gasteiger partial charge is 0.370 e. The predicted molar refractivity (Wildman–Crippen MR) is 103 cm³/mol. The third kappa shape index (κ3) is 3.15. The van der Waals surface area contributed by atoms with Crippen molar-refractivity contribution in [2.45, 2.75) is 45.9 Å². The minimum Gasteiger partial charge on any atom is -0.370 e. The lowest BCUT2D eigenvalue weighted by molar-refractivity contribution is 0.104. The zero-order chi connectivity index (χ0) is 18.8. The number of hydrogen-bond donors (Lipinski definition) is 0. The summed E-state index contributed by atoms with van der Waals surface area (Å²) in [6.45, 7) is 6.33. The van der Waals surface area contributed by atoms with Crippen LogP contribution in [0.3, 0.4) is 0 Å². The summed E-state index contributed by atoms with van der Waals surface area (Å²) in [7, 11) is 0. The van der Waals surface area contributed by atoms with Crippen molar-refractivity contribution in [3.05, 3.63) is 58.9 Å². The molecule has 4 rings (SSSR count). The SMILES string of the molecule is CCC(C)N1CCc2c(COCc3ccccc3)nc3c(C#N)cnn3c21. The van der Waals surface area contributed by atoms with Crippen LogP contribution in [0.25, 0.3) is 5.65 Å². The molecule has 0 N–H and O–H groups in total. The van der Waals surface area contributed by atoms with Gasteiger partial charge in [-0.2, -0.15) is 14.9 Å². The van der Waals surface area contributed by atoms with Gasteiger partial charge >= 0.3 is 0 Å². The highest BCUT2D eigenvalue weighted by Crippen LogP contribution is 2.33. The second-order valence-electron chi connectivity index (χ2n) is 6.95. The van der Waals surface area contributed by atoms with Gasteiger partial charge in [-0.1, -0.05) is 37.3 Å². The molecule has 0 saturated heterocycles. The molecule has 1 aromatic carbocycles. The quantitative estimate of drug-likeness (QED) is 0.672. The van der Waals surface area contributed by atoms with Crippen LogP contribution in [0.15, 0.2) is 36.5 Å². The highest BCUT2D eigenvalue weighted by Gasteiger charge is 2.30. The first-order chi connectivity index (χ1) is 13.2. The molecule has 3 heterocycles. The van der Waals surface area contributed by atoms with Crippen LogP contribution < -0.4 is 4.90 Å². The standard InChI is InChI=1S/C21H23N5O/c1-3-15(2)25-10-9-18-19(14-27-13-16-7-5-4-6-8-16)24-20-17(11-22)12-23-26(20)21(18)25/h4-8,12,15H,3,9-10,13-14H2,1-2H3. The second kappa shape index (κ2) is 7.37. The summed E-state index contributed by atoms with van der Waals surface area (Å²) < 4.78 is 7.79. The van der Waals surface area contributed by atoms with Gasteiger partial charge in [-0.15, -0.1) is 0 Å². The summed E-state index contributed by atoms with van der Waals surface area (Å²) in [5.74, 6) is 1.06. The number of ether oxygens (including phenoxy) is 1. The van der Waals surface area contributed by atoms with Gasteiger partial charge in [-0.05, 0) is 25.3 Å². The van der Waals surface area contributed by atoms with Crippen LogP contribution in [0.2, 0.25) is 0 Å². The van der Waals surface area contributed by atoms with Gasteiger partial charge in [0.15, 0.2) is 5.65 Å². The number of anilines is 1. The van der Waals surface area contributed by atoms with Gasteiger partial charge in [0.2, 0.25) is 0 Å². The Morgan fingerprint density at radius 1 is 1.26 bits per heavy atom. The first-order valence-electron chi connectivity index (χ1n) is 9.40. The van der Waals surface area contributed by atoms with E-state index < -0.39 is 0 Å². The number of aromatic nitrogens is 3. The average molecular weight is 361 g/mol. The van der Waals surface area contributed by atoms with Crippen molar-refractivity contribution in [1.29, 1.82) is 5.26 Å². The van der Waals surface area contributed by atoms with E-state index in [0.717, 1.165) is 36.5 Å². The first-order valence-corrected chi connectivity index (χ1v) is 9.40. The molecular formula is C21H23N5O. The molecular weight excluding hydrogens is 338 g/mol. The fraction of sp³-hybridized carbons (Fsp3) is 0.381. The zero-order valence-corrected chi connectivity index (χ0v) is 15.7. The van der Waals surface area contributed by atoms with Crippen LogP contribution in [0.1, 0.15) is 42.7 Å². The summed E-state index contributed by atoms with van der Waals surface area (Å²) in [5.41, 5.74) is 4.35. The van der Waals surface area contributed by atoms with E-state index >= 15 is 0 Å². The lowest BCUT2D eigenvalue weighted by Gasteiger charge is -2.26. The Morgan fingerprint density at radius 2 is 2.07 bits per heavy atom. The van der Waals surface area contributed by atoms with E-state index in [1.165, 1.54) is 5.56 Å². The van der Waals surface area contributed by atoms with Crippen molar-refractivity contribution < 1.29 is 4.74 Å². The summed E-state index contributed by atoms with van der Waals surface area (Å²) in [5, 5.41) is 13.9. The molecule has 1 aliphatic heterocycles. The Labute approximate surface area is 159 Å². The molecule has 6 heteroatoms. The highest BCUT2D eigenvalue weighted by molar-refractivity contribution is 5.65. The molecule has 0 amide bonds. The zero-order valence-electron chi connectivity index (χ0n) is 15.7. The van der Waals surface area contributed by atoms with E-state index in [1.807, 2.05) is 22.7 Å². The molecule has 2 aromatic heterocycles. The van der Waals surface area contributed by atoms with Crippen molar-refractivity contribution in [3.8, 4) is 6.07 Å². The number of benzene rings is 1. The van der Waals surface area contributed by atoms with Gasteiger partial charge in [0.25, 0.3) is 0 Å². The lowest BCUT2D eigenvalue weighted by atomic mass is 10.2. The molecule has 0 saturated carbocycles. The normalized spacial score (nSPS) is 14.3. The van der Waals surface area contributed by atoms with Gasteiger partial charge in [0.05, 0.1) is 25.1 Å². The molecule has 27 heavy (non-hydrogen) atoms. The second-order valence-corrected chi connectivity index (χ2v) is 6.95. The summed E-state index contributed by atoms with van der Waals surface area (Å²) in [4.78, 5) is 7.13. The number of fused-ring (bicyclic) bond motifs is 3. The highest BCUT2D eigenvalue weighted by atomic mass is 16.5. The van der Waals surface area contributed by atoms with Crippen molar-refractivity contribution in [2.75, 3.05) is 11.4 Å². The maximum atomic E-state index is 9.42. The summed E-state index contributed by atoms with van der Waals surface area (Å²) in [6.07, 6.45) is 3.58. The monoisotopic (exact) mass is 361 g/mol. The molecule has 138 valence electrons. The first kappa shape index (κ1) is 17.5. The van der Waals surface area contributed by atoms with E-state index in [-0.39, 0.29) is 0 Å². The molecule has 0 fully saturated rings. The van der Waals surface area contributed by atoms with Crippen molar-refractivity contribution in [3.63, 3.8) is 0 Å². The minimum absolute atomic E-state index is 0.407. The van der Waals surface area contributed by atoms with Crippen LogP contribution >= 0.6 is 0 Å². The van der Waals surface area contributed by atoms with E-state index in [4.69, 9.17) is 9.72 Å². The van der Waals surface area contributed by atoms with Gasteiger partial charge in [0, 0.05) is 18.2 Å². The Morgan fingerprint density at radius 3 is 2.81 bits per heavy atom. The van der Waals surface area contributed by atoms with E-state index in [9.17, 15) is 5.26 Å². The van der Waals surface area contributed by atoms with Crippen LogP contribution in [0.4, 0.5) is 5.82 Å². The van der Waals surface area contributed by atoms with Crippen LogP contribution in [0.5, 0.6) is 0 Å².